The van der Waals surface area contributed by atoms with Crippen LogP contribution in [0.3, 0.4) is 0 Å². The van der Waals surface area contributed by atoms with E-state index in [4.69, 9.17) is 4.42 Å². The van der Waals surface area contributed by atoms with Crippen molar-refractivity contribution in [2.24, 2.45) is 5.92 Å². The highest BCUT2D eigenvalue weighted by molar-refractivity contribution is 5.82. The van der Waals surface area contributed by atoms with E-state index < -0.39 is 0 Å². The molecule has 1 fully saturated rings. The van der Waals surface area contributed by atoms with Crippen molar-refractivity contribution in [3.8, 4) is 0 Å². The van der Waals surface area contributed by atoms with Crippen LogP contribution < -0.4 is 10.2 Å². The Hall–Kier alpha value is -2.87. The van der Waals surface area contributed by atoms with Crippen LogP contribution in [0.4, 0.5) is 11.4 Å². The molecule has 0 aliphatic carbocycles. The molecule has 8 heteroatoms. The summed E-state index contributed by atoms with van der Waals surface area (Å²) in [5.41, 5.74) is 1.94. The number of amides is 1. The summed E-state index contributed by atoms with van der Waals surface area (Å²) >= 11 is 0. The SMILES string of the molecule is CN1CCN2c3ccc([N+](=O)[O-])cc3C[C@H](C(=O)NCc3ccco3)[C@@H]2C1. The molecule has 2 atom stereocenters. The Labute approximate surface area is 156 Å². The topological polar surface area (TPSA) is 91.9 Å². The monoisotopic (exact) mass is 370 g/mol. The zero-order valence-electron chi connectivity index (χ0n) is 15.1. The predicted octanol–water partition coefficient (Wildman–Crippen LogP) is 1.80. The molecule has 1 aromatic heterocycles. The third-order valence-electron chi connectivity index (χ3n) is 5.46. The molecular weight excluding hydrogens is 348 g/mol. The molecule has 27 heavy (non-hydrogen) atoms. The van der Waals surface area contributed by atoms with Gasteiger partial charge < -0.3 is 19.5 Å². The van der Waals surface area contributed by atoms with E-state index in [1.165, 1.54) is 0 Å². The molecule has 0 radical (unpaired) electrons. The Morgan fingerprint density at radius 2 is 2.22 bits per heavy atom. The summed E-state index contributed by atoms with van der Waals surface area (Å²) in [7, 11) is 2.06. The lowest BCUT2D eigenvalue weighted by Gasteiger charge is -2.48. The summed E-state index contributed by atoms with van der Waals surface area (Å²) in [5.74, 6) is 0.388. The van der Waals surface area contributed by atoms with Gasteiger partial charge >= 0.3 is 0 Å². The van der Waals surface area contributed by atoms with Crippen molar-refractivity contribution in [3.05, 3.63) is 58.0 Å². The van der Waals surface area contributed by atoms with Crippen LogP contribution in [0.25, 0.3) is 0 Å². The summed E-state index contributed by atoms with van der Waals surface area (Å²) < 4.78 is 5.28. The van der Waals surface area contributed by atoms with E-state index in [-0.39, 0.29) is 28.5 Å². The van der Waals surface area contributed by atoms with Crippen LogP contribution in [-0.2, 0) is 17.8 Å². The second-order valence-corrected chi connectivity index (χ2v) is 7.20. The summed E-state index contributed by atoms with van der Waals surface area (Å²) in [6, 6.07) is 8.63. The molecule has 0 spiro atoms. The normalized spacial score (nSPS) is 22.0. The molecule has 3 heterocycles. The predicted molar refractivity (Wildman–Crippen MR) is 99.5 cm³/mol. The van der Waals surface area contributed by atoms with Gasteiger partial charge in [0.1, 0.15) is 5.76 Å². The van der Waals surface area contributed by atoms with Crippen LogP contribution in [0.15, 0.2) is 41.0 Å². The summed E-state index contributed by atoms with van der Waals surface area (Å²) in [6.45, 7) is 2.82. The van der Waals surface area contributed by atoms with Gasteiger partial charge in [0.2, 0.25) is 5.91 Å². The molecule has 1 N–H and O–H groups in total. The number of nitrogens with one attached hydrogen (secondary N) is 1. The average molecular weight is 370 g/mol. The molecule has 2 aliphatic rings. The second-order valence-electron chi connectivity index (χ2n) is 7.20. The molecule has 1 aromatic carbocycles. The number of furan rings is 1. The zero-order chi connectivity index (χ0) is 19.0. The highest BCUT2D eigenvalue weighted by atomic mass is 16.6. The first-order valence-electron chi connectivity index (χ1n) is 9.05. The number of benzene rings is 1. The zero-order valence-corrected chi connectivity index (χ0v) is 15.1. The number of nitro groups is 1. The number of anilines is 1. The number of carbonyl (C=O) groups excluding carboxylic acids is 1. The number of hydrogen-bond acceptors (Lipinski definition) is 6. The molecule has 0 unspecified atom stereocenters. The van der Waals surface area contributed by atoms with Crippen molar-refractivity contribution in [1.82, 2.24) is 10.2 Å². The van der Waals surface area contributed by atoms with Gasteiger partial charge in [-0.15, -0.1) is 0 Å². The van der Waals surface area contributed by atoms with Gasteiger partial charge in [-0.25, -0.2) is 0 Å². The molecule has 4 rings (SSSR count). The van der Waals surface area contributed by atoms with E-state index in [1.807, 2.05) is 12.1 Å². The molecule has 8 nitrogen and oxygen atoms in total. The minimum absolute atomic E-state index is 0.0474. The smallest absolute Gasteiger partial charge is 0.269 e. The van der Waals surface area contributed by atoms with E-state index >= 15 is 0 Å². The standard InChI is InChI=1S/C19H22N4O4/c1-21-6-7-22-17-5-4-14(23(25)26)9-13(17)10-16(18(22)12-21)19(24)20-11-15-3-2-8-27-15/h2-5,8-9,16,18H,6-7,10-12H2,1H3,(H,20,24)/t16-,18-/m0/s1. The van der Waals surface area contributed by atoms with E-state index in [1.54, 1.807) is 24.5 Å². The minimum Gasteiger partial charge on any atom is -0.467 e. The lowest BCUT2D eigenvalue weighted by Crippen LogP contribution is -2.60. The maximum Gasteiger partial charge on any atom is 0.269 e. The van der Waals surface area contributed by atoms with E-state index in [2.05, 4.69) is 22.2 Å². The number of nitro benzene ring substituents is 1. The number of fused-ring (bicyclic) bond motifs is 3. The minimum atomic E-state index is -0.387. The number of non-ortho nitro benzene ring substituents is 1. The molecule has 1 amide bonds. The van der Waals surface area contributed by atoms with Crippen molar-refractivity contribution >= 4 is 17.3 Å². The highest BCUT2D eigenvalue weighted by Crippen LogP contribution is 2.37. The van der Waals surface area contributed by atoms with E-state index in [0.717, 1.165) is 30.9 Å². The maximum atomic E-state index is 13.0. The van der Waals surface area contributed by atoms with Crippen LogP contribution in [0.2, 0.25) is 0 Å². The Balaban J connectivity index is 1.61. The van der Waals surface area contributed by atoms with E-state index in [0.29, 0.717) is 18.7 Å². The number of rotatable bonds is 4. The Kier molecular flexibility index (Phi) is 4.57. The number of likely N-dealkylation sites (N-methyl/N-ethyl adjacent to an activating group) is 1. The summed E-state index contributed by atoms with van der Waals surface area (Å²) in [6.07, 6.45) is 2.07. The number of carbonyl (C=O) groups is 1. The van der Waals surface area contributed by atoms with Crippen molar-refractivity contribution < 1.29 is 14.1 Å². The molecule has 2 aromatic rings. The van der Waals surface area contributed by atoms with Crippen molar-refractivity contribution in [2.75, 3.05) is 31.6 Å². The summed E-state index contributed by atoms with van der Waals surface area (Å²) in [5, 5.41) is 14.1. The van der Waals surface area contributed by atoms with Crippen molar-refractivity contribution in [1.29, 1.82) is 0 Å². The number of nitrogens with zero attached hydrogens (tertiary/aromatic N) is 3. The maximum absolute atomic E-state index is 13.0. The fourth-order valence-electron chi connectivity index (χ4n) is 4.09. The van der Waals surface area contributed by atoms with Crippen LogP contribution >= 0.6 is 0 Å². The van der Waals surface area contributed by atoms with Gasteiger partial charge in [-0.2, -0.15) is 0 Å². The van der Waals surface area contributed by atoms with Gasteiger partial charge in [0, 0.05) is 37.5 Å². The van der Waals surface area contributed by atoms with E-state index in [9.17, 15) is 14.9 Å². The molecule has 0 bridgehead atoms. The molecule has 1 saturated heterocycles. The molecule has 142 valence electrons. The third-order valence-corrected chi connectivity index (χ3v) is 5.46. The van der Waals surface area contributed by atoms with Gasteiger partial charge in [-0.3, -0.25) is 14.9 Å². The average Bonchev–Trinajstić information content (AvgIpc) is 3.18. The van der Waals surface area contributed by atoms with Crippen LogP contribution in [0, 0.1) is 16.0 Å². The lowest BCUT2D eigenvalue weighted by molar-refractivity contribution is -0.384. The Bertz CT molecular complexity index is 851. The first kappa shape index (κ1) is 17.5. The first-order valence-corrected chi connectivity index (χ1v) is 9.05. The van der Waals surface area contributed by atoms with Crippen LogP contribution in [0.5, 0.6) is 0 Å². The Morgan fingerprint density at radius 3 is 2.96 bits per heavy atom. The van der Waals surface area contributed by atoms with Gasteiger partial charge in [-0.1, -0.05) is 0 Å². The fraction of sp³-hybridized carbons (Fsp3) is 0.421. The number of hydrogen-bond donors (Lipinski definition) is 1. The number of piperazine rings is 1. The van der Waals surface area contributed by atoms with Gasteiger partial charge in [0.05, 0.1) is 29.7 Å². The van der Waals surface area contributed by atoms with Crippen LogP contribution in [0.1, 0.15) is 11.3 Å². The quantitative estimate of drug-likeness (QED) is 0.652. The molecular formula is C19H22N4O4. The molecule has 2 aliphatic heterocycles. The van der Waals surface area contributed by atoms with Crippen LogP contribution in [-0.4, -0.2) is 48.5 Å². The lowest BCUT2D eigenvalue weighted by atomic mass is 9.83. The van der Waals surface area contributed by atoms with Crippen molar-refractivity contribution in [2.45, 2.75) is 19.0 Å². The Morgan fingerprint density at radius 1 is 1.37 bits per heavy atom. The second kappa shape index (κ2) is 7.03. The highest BCUT2D eigenvalue weighted by Gasteiger charge is 2.41. The fourth-order valence-corrected chi connectivity index (χ4v) is 4.09. The van der Waals surface area contributed by atoms with Crippen molar-refractivity contribution in [3.63, 3.8) is 0 Å². The molecule has 0 saturated carbocycles. The van der Waals surface area contributed by atoms with Gasteiger partial charge in [0.25, 0.3) is 5.69 Å². The third kappa shape index (κ3) is 3.40. The van der Waals surface area contributed by atoms with Gasteiger partial charge in [0.15, 0.2) is 0 Å². The first-order chi connectivity index (χ1) is 13.0. The van der Waals surface area contributed by atoms with Gasteiger partial charge in [-0.05, 0) is 37.2 Å². The summed E-state index contributed by atoms with van der Waals surface area (Å²) in [4.78, 5) is 28.2. The largest absolute Gasteiger partial charge is 0.467 e.